The molecule has 6 nitrogen and oxygen atoms in total. The van der Waals surface area contributed by atoms with Crippen molar-refractivity contribution < 1.29 is 14.0 Å². The standard InChI is InChI=1S/C24H30FIN4O2S/c1-4-30-9-5-6-15(30)12-27-21(31)19-16-11-24(2,3)13-28-22(32)20(16)33-23(19)29-18-8-7-14(26)10-17(18)25/h7-8,10,15,29H,4-6,9,11-13H2,1-3H3,(H,27,31)(H,28,32). The molecule has 3 N–H and O–H groups in total. The van der Waals surface area contributed by atoms with Crippen LogP contribution in [0, 0.1) is 14.8 Å². The van der Waals surface area contributed by atoms with Crippen LogP contribution in [0.1, 0.15) is 59.2 Å². The second-order valence-electron chi connectivity index (χ2n) is 9.52. The SMILES string of the molecule is CCN1CCCC1CNC(=O)c1c(Nc2ccc(I)cc2F)sc2c1CC(C)(C)CNC2=O. The molecule has 1 aromatic carbocycles. The van der Waals surface area contributed by atoms with Gasteiger partial charge in [-0.3, -0.25) is 14.5 Å². The van der Waals surface area contributed by atoms with Gasteiger partial charge in [-0.1, -0.05) is 20.8 Å². The van der Waals surface area contributed by atoms with Gasteiger partial charge in [0, 0.05) is 22.7 Å². The zero-order chi connectivity index (χ0) is 23.8. The van der Waals surface area contributed by atoms with E-state index in [-0.39, 0.29) is 22.9 Å². The number of hydrogen-bond acceptors (Lipinski definition) is 5. The summed E-state index contributed by atoms with van der Waals surface area (Å²) in [5.41, 5.74) is 1.28. The van der Waals surface area contributed by atoms with E-state index >= 15 is 0 Å². The van der Waals surface area contributed by atoms with E-state index in [1.807, 2.05) is 0 Å². The number of carbonyl (C=O) groups is 2. The van der Waals surface area contributed by atoms with Gasteiger partial charge in [0.1, 0.15) is 10.8 Å². The summed E-state index contributed by atoms with van der Waals surface area (Å²) in [6.45, 7) is 9.40. The van der Waals surface area contributed by atoms with E-state index in [2.05, 4.69) is 64.2 Å². The molecule has 2 amide bonds. The third kappa shape index (κ3) is 5.35. The summed E-state index contributed by atoms with van der Waals surface area (Å²) < 4.78 is 15.4. The first kappa shape index (κ1) is 24.4. The lowest BCUT2D eigenvalue weighted by Crippen LogP contribution is -2.40. The number of likely N-dealkylation sites (N-methyl/N-ethyl adjacent to an activating group) is 1. The minimum atomic E-state index is -0.397. The number of likely N-dealkylation sites (tertiary alicyclic amines) is 1. The summed E-state index contributed by atoms with van der Waals surface area (Å²) in [7, 11) is 0. The number of fused-ring (bicyclic) bond motifs is 1. The minimum absolute atomic E-state index is 0.182. The van der Waals surface area contributed by atoms with Crippen LogP contribution >= 0.6 is 33.9 Å². The highest BCUT2D eigenvalue weighted by Gasteiger charge is 2.35. The summed E-state index contributed by atoms with van der Waals surface area (Å²) >= 11 is 3.28. The minimum Gasteiger partial charge on any atom is -0.351 e. The maximum atomic E-state index is 14.6. The largest absolute Gasteiger partial charge is 0.351 e. The Kier molecular flexibility index (Phi) is 7.30. The molecular formula is C24H30FIN4O2S. The van der Waals surface area contributed by atoms with Gasteiger partial charge in [-0.15, -0.1) is 11.3 Å². The first-order chi connectivity index (χ1) is 15.7. The van der Waals surface area contributed by atoms with Gasteiger partial charge >= 0.3 is 0 Å². The number of amides is 2. The third-order valence-corrected chi connectivity index (χ3v) is 8.22. The number of nitrogens with one attached hydrogen (secondary N) is 3. The first-order valence-electron chi connectivity index (χ1n) is 11.4. The molecule has 178 valence electrons. The van der Waals surface area contributed by atoms with E-state index in [9.17, 15) is 14.0 Å². The summed E-state index contributed by atoms with van der Waals surface area (Å²) in [6, 6.07) is 5.22. The fraction of sp³-hybridized carbons (Fsp3) is 0.500. The number of anilines is 2. The van der Waals surface area contributed by atoms with E-state index in [1.165, 1.54) is 17.4 Å². The average molecular weight is 584 g/mol. The highest BCUT2D eigenvalue weighted by atomic mass is 127. The lowest BCUT2D eigenvalue weighted by Gasteiger charge is -2.24. The Morgan fingerprint density at radius 1 is 1.39 bits per heavy atom. The van der Waals surface area contributed by atoms with Gasteiger partial charge in [-0.2, -0.15) is 0 Å². The van der Waals surface area contributed by atoms with Crippen LogP contribution in [-0.2, 0) is 6.42 Å². The van der Waals surface area contributed by atoms with Crippen LogP contribution in [0.2, 0.25) is 0 Å². The van der Waals surface area contributed by atoms with Gasteiger partial charge in [0.25, 0.3) is 11.8 Å². The molecule has 0 bridgehead atoms. The van der Waals surface area contributed by atoms with Crippen molar-refractivity contribution >= 4 is 56.4 Å². The Labute approximate surface area is 211 Å². The molecule has 0 radical (unpaired) electrons. The zero-order valence-electron chi connectivity index (χ0n) is 19.2. The van der Waals surface area contributed by atoms with Crippen LogP contribution in [-0.4, -0.2) is 48.9 Å². The Morgan fingerprint density at radius 3 is 2.91 bits per heavy atom. The molecule has 9 heteroatoms. The molecule has 0 aliphatic carbocycles. The van der Waals surface area contributed by atoms with Gasteiger partial charge < -0.3 is 16.0 Å². The molecule has 1 aromatic heterocycles. The summed E-state index contributed by atoms with van der Waals surface area (Å²) in [4.78, 5) is 29.3. The number of nitrogens with zero attached hydrogens (tertiary/aromatic N) is 1. The molecule has 0 spiro atoms. The quantitative estimate of drug-likeness (QED) is 0.429. The number of hydrogen-bond donors (Lipinski definition) is 3. The molecular weight excluding hydrogens is 554 g/mol. The van der Waals surface area contributed by atoms with Gasteiger partial charge in [0.05, 0.1) is 16.1 Å². The van der Waals surface area contributed by atoms with Crippen molar-refractivity contribution in [2.45, 2.75) is 46.1 Å². The van der Waals surface area contributed by atoms with Crippen LogP contribution < -0.4 is 16.0 Å². The number of halogens is 2. The molecule has 1 atom stereocenters. The molecule has 2 aliphatic rings. The number of benzene rings is 1. The molecule has 2 aromatic rings. The van der Waals surface area contributed by atoms with Gasteiger partial charge in [0.2, 0.25) is 0 Å². The predicted molar refractivity (Wildman–Crippen MR) is 139 cm³/mol. The van der Waals surface area contributed by atoms with E-state index in [0.29, 0.717) is 41.0 Å². The van der Waals surface area contributed by atoms with E-state index in [1.54, 1.807) is 12.1 Å². The molecule has 1 saturated heterocycles. The Morgan fingerprint density at radius 2 is 2.18 bits per heavy atom. The second-order valence-corrected chi connectivity index (χ2v) is 11.8. The molecule has 4 rings (SSSR count). The van der Waals surface area contributed by atoms with Crippen molar-refractivity contribution in [2.75, 3.05) is 31.5 Å². The topological polar surface area (TPSA) is 73.5 Å². The summed E-state index contributed by atoms with van der Waals surface area (Å²) in [5.74, 6) is -0.792. The van der Waals surface area contributed by atoms with E-state index < -0.39 is 5.82 Å². The van der Waals surface area contributed by atoms with Crippen LogP contribution in [0.15, 0.2) is 18.2 Å². The molecule has 0 saturated carbocycles. The average Bonchev–Trinajstić information content (AvgIpc) is 3.33. The second kappa shape index (κ2) is 9.87. The predicted octanol–water partition coefficient (Wildman–Crippen LogP) is 4.76. The summed E-state index contributed by atoms with van der Waals surface area (Å²) in [5, 5.41) is 9.70. The van der Waals surface area contributed by atoms with Gasteiger partial charge in [-0.25, -0.2) is 4.39 Å². The van der Waals surface area contributed by atoms with Crippen molar-refractivity contribution in [1.29, 1.82) is 0 Å². The number of carbonyl (C=O) groups excluding carboxylic acids is 2. The fourth-order valence-electron chi connectivity index (χ4n) is 4.64. The van der Waals surface area contributed by atoms with Crippen LogP contribution in [0.4, 0.5) is 15.1 Å². The van der Waals surface area contributed by atoms with Crippen LogP contribution in [0.5, 0.6) is 0 Å². The van der Waals surface area contributed by atoms with Crippen LogP contribution in [0.3, 0.4) is 0 Å². The molecule has 1 fully saturated rings. The Hall–Kier alpha value is -1.72. The van der Waals surface area contributed by atoms with Crippen molar-refractivity contribution in [3.05, 3.63) is 43.6 Å². The third-order valence-electron chi connectivity index (χ3n) is 6.41. The highest BCUT2D eigenvalue weighted by molar-refractivity contribution is 14.1. The van der Waals surface area contributed by atoms with Gasteiger partial charge in [0.15, 0.2) is 0 Å². The zero-order valence-corrected chi connectivity index (χ0v) is 22.2. The molecule has 1 unspecified atom stereocenters. The maximum Gasteiger partial charge on any atom is 0.261 e. The normalized spacial score (nSPS) is 20.2. The molecule has 2 aliphatic heterocycles. The van der Waals surface area contributed by atoms with Crippen LogP contribution in [0.25, 0.3) is 0 Å². The Bertz CT molecular complexity index is 1070. The molecule has 3 heterocycles. The monoisotopic (exact) mass is 584 g/mol. The summed E-state index contributed by atoms with van der Waals surface area (Å²) in [6.07, 6.45) is 2.78. The molecule has 33 heavy (non-hydrogen) atoms. The van der Waals surface area contributed by atoms with Gasteiger partial charge in [-0.05, 0) is 84.1 Å². The fourth-order valence-corrected chi connectivity index (χ4v) is 6.24. The smallest absolute Gasteiger partial charge is 0.261 e. The van der Waals surface area contributed by atoms with Crippen molar-refractivity contribution in [3.8, 4) is 0 Å². The highest BCUT2D eigenvalue weighted by Crippen LogP contribution is 2.40. The maximum absolute atomic E-state index is 14.6. The van der Waals surface area contributed by atoms with Crippen molar-refractivity contribution in [2.24, 2.45) is 5.41 Å². The van der Waals surface area contributed by atoms with Crippen molar-refractivity contribution in [3.63, 3.8) is 0 Å². The Balaban J connectivity index is 1.69. The lowest BCUT2D eigenvalue weighted by molar-refractivity contribution is 0.0938. The van der Waals surface area contributed by atoms with Crippen molar-refractivity contribution in [1.82, 2.24) is 15.5 Å². The number of rotatable bonds is 6. The first-order valence-corrected chi connectivity index (χ1v) is 13.3. The number of thiophene rings is 1. The lowest BCUT2D eigenvalue weighted by atomic mass is 9.85. The van der Waals surface area contributed by atoms with E-state index in [4.69, 9.17) is 0 Å². The van der Waals surface area contributed by atoms with E-state index in [0.717, 1.165) is 35.1 Å².